The van der Waals surface area contributed by atoms with Gasteiger partial charge in [-0.2, -0.15) is 4.98 Å². The molecule has 0 aliphatic carbocycles. The zero-order chi connectivity index (χ0) is 10.2. The van der Waals surface area contributed by atoms with E-state index in [4.69, 9.17) is 27.9 Å². The van der Waals surface area contributed by atoms with Crippen molar-refractivity contribution in [1.82, 2.24) is 20.3 Å². The summed E-state index contributed by atoms with van der Waals surface area (Å²) in [6.45, 7) is 3.83. The Morgan fingerprint density at radius 1 is 1.14 bits per heavy atom. The minimum atomic E-state index is 0.116. The molecule has 14 heavy (non-hydrogen) atoms. The van der Waals surface area contributed by atoms with Crippen LogP contribution in [0, 0.1) is 0 Å². The van der Waals surface area contributed by atoms with Crippen LogP contribution in [0.15, 0.2) is 6.33 Å². The Balaban J connectivity index is 0.000000146. The van der Waals surface area contributed by atoms with Gasteiger partial charge in [0.1, 0.15) is 6.33 Å². The van der Waals surface area contributed by atoms with Crippen molar-refractivity contribution >= 4 is 23.2 Å². The standard InChI is InChI=1S/C4H9NO.C3HCl2N3/c1-3-6-4-2-5-1;4-2-6-1-7-3(5)8-2/h5H,1-4H2;1H. The van der Waals surface area contributed by atoms with Gasteiger partial charge in [-0.1, -0.05) is 0 Å². The molecule has 1 aliphatic rings. The van der Waals surface area contributed by atoms with E-state index in [2.05, 4.69) is 20.3 Å². The lowest BCUT2D eigenvalue weighted by molar-refractivity contribution is 0.109. The van der Waals surface area contributed by atoms with Crippen molar-refractivity contribution < 1.29 is 4.74 Å². The van der Waals surface area contributed by atoms with Crippen LogP contribution in [0.2, 0.25) is 10.6 Å². The van der Waals surface area contributed by atoms with Crippen molar-refractivity contribution in [3.63, 3.8) is 0 Å². The zero-order valence-corrected chi connectivity index (χ0v) is 8.92. The van der Waals surface area contributed by atoms with E-state index in [1.807, 2.05) is 0 Å². The van der Waals surface area contributed by atoms with E-state index in [1.165, 1.54) is 6.33 Å². The molecule has 1 N–H and O–H groups in total. The molecular weight excluding hydrogens is 227 g/mol. The van der Waals surface area contributed by atoms with Gasteiger partial charge in [0, 0.05) is 13.1 Å². The summed E-state index contributed by atoms with van der Waals surface area (Å²) in [5.74, 6) is 0. The lowest BCUT2D eigenvalue weighted by atomic mass is 10.5. The van der Waals surface area contributed by atoms with Crippen molar-refractivity contribution in [2.24, 2.45) is 0 Å². The predicted octanol–water partition coefficient (Wildman–Crippen LogP) is 0.785. The first-order chi connectivity index (χ1) is 6.79. The van der Waals surface area contributed by atoms with Crippen molar-refractivity contribution in [3.05, 3.63) is 16.9 Å². The highest BCUT2D eigenvalue weighted by Gasteiger charge is 1.93. The predicted molar refractivity (Wildman–Crippen MR) is 53.5 cm³/mol. The Bertz CT molecular complexity index is 241. The molecule has 0 aromatic carbocycles. The summed E-state index contributed by atoms with van der Waals surface area (Å²) < 4.78 is 5.01. The topological polar surface area (TPSA) is 59.9 Å². The molecule has 1 saturated heterocycles. The molecule has 1 fully saturated rings. The summed E-state index contributed by atoms with van der Waals surface area (Å²) in [6.07, 6.45) is 1.25. The third-order valence-corrected chi connectivity index (χ3v) is 1.72. The SMILES string of the molecule is C1COCCN1.Clc1ncnc(Cl)n1. The molecule has 0 bridgehead atoms. The maximum absolute atomic E-state index is 5.30. The van der Waals surface area contributed by atoms with Gasteiger partial charge >= 0.3 is 0 Å². The number of rotatable bonds is 0. The number of nitrogens with zero attached hydrogens (tertiary/aromatic N) is 3. The van der Waals surface area contributed by atoms with E-state index in [-0.39, 0.29) is 10.6 Å². The molecule has 0 saturated carbocycles. The molecule has 1 aromatic heterocycles. The smallest absolute Gasteiger partial charge is 0.226 e. The van der Waals surface area contributed by atoms with Gasteiger partial charge in [-0.25, -0.2) is 9.97 Å². The van der Waals surface area contributed by atoms with Gasteiger partial charge in [-0.05, 0) is 23.2 Å². The Kier molecular flexibility index (Phi) is 5.70. The number of aromatic nitrogens is 3. The van der Waals surface area contributed by atoms with Crippen LogP contribution in [0.5, 0.6) is 0 Å². The fourth-order valence-corrected chi connectivity index (χ4v) is 1.06. The largest absolute Gasteiger partial charge is 0.379 e. The highest BCUT2D eigenvalue weighted by Crippen LogP contribution is 2.00. The number of ether oxygens (including phenoxy) is 1. The molecule has 0 amide bonds. The zero-order valence-electron chi connectivity index (χ0n) is 7.41. The van der Waals surface area contributed by atoms with Gasteiger partial charge in [0.05, 0.1) is 13.2 Å². The number of hydrogen-bond acceptors (Lipinski definition) is 5. The van der Waals surface area contributed by atoms with E-state index >= 15 is 0 Å². The quantitative estimate of drug-likeness (QED) is 0.722. The minimum absolute atomic E-state index is 0.116. The average Bonchev–Trinajstić information content (AvgIpc) is 2.21. The van der Waals surface area contributed by atoms with Crippen LogP contribution in [0.3, 0.4) is 0 Å². The van der Waals surface area contributed by atoms with E-state index in [0.717, 1.165) is 26.3 Å². The maximum Gasteiger partial charge on any atom is 0.226 e. The van der Waals surface area contributed by atoms with Gasteiger partial charge in [-0.3, -0.25) is 0 Å². The first-order valence-electron chi connectivity index (χ1n) is 4.07. The Morgan fingerprint density at radius 3 is 1.93 bits per heavy atom. The third-order valence-electron chi connectivity index (χ3n) is 1.36. The normalized spacial score (nSPS) is 15.6. The number of halogens is 2. The molecule has 0 radical (unpaired) electrons. The molecule has 0 spiro atoms. The summed E-state index contributed by atoms with van der Waals surface area (Å²) in [5.41, 5.74) is 0. The van der Waals surface area contributed by atoms with Crippen molar-refractivity contribution in [3.8, 4) is 0 Å². The number of nitrogens with one attached hydrogen (secondary N) is 1. The molecular formula is C7H10Cl2N4O. The first kappa shape index (κ1) is 11.6. The molecule has 78 valence electrons. The molecule has 2 heterocycles. The average molecular weight is 237 g/mol. The second-order valence-corrected chi connectivity index (χ2v) is 3.06. The van der Waals surface area contributed by atoms with Crippen LogP contribution in [0.4, 0.5) is 0 Å². The molecule has 5 nitrogen and oxygen atoms in total. The van der Waals surface area contributed by atoms with E-state index in [1.54, 1.807) is 0 Å². The fraction of sp³-hybridized carbons (Fsp3) is 0.571. The summed E-state index contributed by atoms with van der Waals surface area (Å²) >= 11 is 10.6. The Morgan fingerprint density at radius 2 is 1.71 bits per heavy atom. The van der Waals surface area contributed by atoms with Crippen LogP contribution in [-0.2, 0) is 4.74 Å². The molecule has 0 atom stereocenters. The second-order valence-electron chi connectivity index (χ2n) is 2.39. The van der Waals surface area contributed by atoms with Gasteiger partial charge in [-0.15, -0.1) is 0 Å². The number of hydrogen-bond donors (Lipinski definition) is 1. The van der Waals surface area contributed by atoms with Crippen LogP contribution in [0.1, 0.15) is 0 Å². The molecule has 1 aliphatic heterocycles. The monoisotopic (exact) mass is 236 g/mol. The summed E-state index contributed by atoms with van der Waals surface area (Å²) in [4.78, 5) is 10.5. The minimum Gasteiger partial charge on any atom is -0.379 e. The van der Waals surface area contributed by atoms with Crippen LogP contribution < -0.4 is 5.32 Å². The van der Waals surface area contributed by atoms with Crippen molar-refractivity contribution in [2.75, 3.05) is 26.3 Å². The summed E-state index contributed by atoms with van der Waals surface area (Å²) in [5, 5.41) is 3.39. The maximum atomic E-state index is 5.30. The van der Waals surface area contributed by atoms with Crippen LogP contribution in [0.25, 0.3) is 0 Å². The summed E-state index contributed by atoms with van der Waals surface area (Å²) in [7, 11) is 0. The van der Waals surface area contributed by atoms with Crippen molar-refractivity contribution in [2.45, 2.75) is 0 Å². The molecule has 1 aromatic rings. The Labute approximate surface area is 91.8 Å². The lowest BCUT2D eigenvalue weighted by Gasteiger charge is -2.10. The van der Waals surface area contributed by atoms with E-state index in [0.29, 0.717) is 0 Å². The summed E-state index contributed by atoms with van der Waals surface area (Å²) in [6, 6.07) is 0. The third kappa shape index (κ3) is 5.29. The van der Waals surface area contributed by atoms with Gasteiger partial charge < -0.3 is 10.1 Å². The lowest BCUT2D eigenvalue weighted by Crippen LogP contribution is -2.30. The van der Waals surface area contributed by atoms with Crippen LogP contribution >= 0.6 is 23.2 Å². The van der Waals surface area contributed by atoms with Gasteiger partial charge in [0.2, 0.25) is 10.6 Å². The Hall–Kier alpha value is -0.490. The van der Waals surface area contributed by atoms with Gasteiger partial charge in [0.25, 0.3) is 0 Å². The fourth-order valence-electron chi connectivity index (χ4n) is 0.774. The first-order valence-corrected chi connectivity index (χ1v) is 4.83. The van der Waals surface area contributed by atoms with Gasteiger partial charge in [0.15, 0.2) is 0 Å². The highest BCUT2D eigenvalue weighted by molar-refractivity contribution is 6.30. The van der Waals surface area contributed by atoms with E-state index < -0.39 is 0 Å². The molecule has 7 heteroatoms. The molecule has 0 unspecified atom stereocenters. The highest BCUT2D eigenvalue weighted by atomic mass is 35.5. The molecule has 2 rings (SSSR count). The number of morpholine rings is 1. The van der Waals surface area contributed by atoms with Crippen LogP contribution in [-0.4, -0.2) is 41.3 Å². The van der Waals surface area contributed by atoms with E-state index in [9.17, 15) is 0 Å². The van der Waals surface area contributed by atoms with Crippen molar-refractivity contribution in [1.29, 1.82) is 0 Å². The second kappa shape index (κ2) is 6.89.